The number of hydrogen-bond donors (Lipinski definition) is 1. The van der Waals surface area contributed by atoms with E-state index in [4.69, 9.17) is 4.74 Å². The van der Waals surface area contributed by atoms with Crippen molar-refractivity contribution in [2.24, 2.45) is 0 Å². The lowest BCUT2D eigenvalue weighted by molar-refractivity contribution is -0.116. The Kier molecular flexibility index (Phi) is 5.16. The van der Waals surface area contributed by atoms with Gasteiger partial charge in [-0.05, 0) is 30.2 Å². The summed E-state index contributed by atoms with van der Waals surface area (Å²) in [6.07, 6.45) is 3.38. The number of rotatable bonds is 5. The van der Waals surface area contributed by atoms with Crippen LogP contribution in [-0.4, -0.2) is 13.0 Å². The Labute approximate surface area is 125 Å². The quantitative estimate of drug-likeness (QED) is 0.854. The van der Waals surface area contributed by atoms with E-state index in [0.29, 0.717) is 6.54 Å². The van der Waals surface area contributed by atoms with Gasteiger partial charge >= 0.3 is 0 Å². The molecule has 2 aromatic rings. The van der Waals surface area contributed by atoms with Crippen LogP contribution >= 0.6 is 0 Å². The summed E-state index contributed by atoms with van der Waals surface area (Å²) in [5.41, 5.74) is 3.15. The normalized spacial score (nSPS) is 10.6. The Morgan fingerprint density at radius 1 is 1.14 bits per heavy atom. The Balaban J connectivity index is 1.95. The molecule has 0 heterocycles. The average molecular weight is 281 g/mol. The molecule has 0 aromatic heterocycles. The van der Waals surface area contributed by atoms with Crippen LogP contribution in [0.1, 0.15) is 16.7 Å². The molecule has 3 nitrogen and oxygen atoms in total. The number of nitrogens with one attached hydrogen (secondary N) is 1. The highest BCUT2D eigenvalue weighted by Crippen LogP contribution is 2.16. The summed E-state index contributed by atoms with van der Waals surface area (Å²) in [7, 11) is 1.62. The summed E-state index contributed by atoms with van der Waals surface area (Å²) >= 11 is 0. The molecule has 2 aromatic carbocycles. The van der Waals surface area contributed by atoms with Gasteiger partial charge in [0.05, 0.1) is 7.11 Å². The number of carbonyl (C=O) groups excluding carboxylic acids is 1. The molecule has 0 aliphatic carbocycles. The first kappa shape index (κ1) is 14.9. The van der Waals surface area contributed by atoms with Crippen molar-refractivity contribution in [3.63, 3.8) is 0 Å². The molecule has 0 aliphatic heterocycles. The zero-order valence-electron chi connectivity index (χ0n) is 12.3. The number of methoxy groups -OCH3 is 1. The monoisotopic (exact) mass is 281 g/mol. The van der Waals surface area contributed by atoms with E-state index < -0.39 is 0 Å². The smallest absolute Gasteiger partial charge is 0.244 e. The van der Waals surface area contributed by atoms with Gasteiger partial charge in [0.15, 0.2) is 0 Å². The molecule has 0 saturated heterocycles. The van der Waals surface area contributed by atoms with E-state index in [-0.39, 0.29) is 5.91 Å². The number of ether oxygens (including phenoxy) is 1. The lowest BCUT2D eigenvalue weighted by Crippen LogP contribution is -2.20. The third-order valence-corrected chi connectivity index (χ3v) is 3.25. The molecule has 1 N–H and O–H groups in total. The fourth-order valence-corrected chi connectivity index (χ4v) is 2.03. The minimum Gasteiger partial charge on any atom is -0.496 e. The summed E-state index contributed by atoms with van der Waals surface area (Å²) in [6.45, 7) is 2.47. The molecular formula is C18H19NO2. The Morgan fingerprint density at radius 3 is 2.62 bits per heavy atom. The van der Waals surface area contributed by atoms with Gasteiger partial charge in [0.2, 0.25) is 5.91 Å². The zero-order chi connectivity index (χ0) is 15.1. The van der Waals surface area contributed by atoms with Crippen LogP contribution in [0.2, 0.25) is 0 Å². The second-order valence-electron chi connectivity index (χ2n) is 4.72. The highest BCUT2D eigenvalue weighted by molar-refractivity contribution is 5.91. The van der Waals surface area contributed by atoms with Gasteiger partial charge in [-0.2, -0.15) is 0 Å². The molecule has 2 rings (SSSR count). The number of hydrogen-bond acceptors (Lipinski definition) is 2. The lowest BCUT2D eigenvalue weighted by atomic mass is 10.1. The number of aryl methyl sites for hydroxylation is 1. The van der Waals surface area contributed by atoms with Gasteiger partial charge in [-0.15, -0.1) is 0 Å². The molecule has 0 spiro atoms. The van der Waals surface area contributed by atoms with E-state index >= 15 is 0 Å². The largest absolute Gasteiger partial charge is 0.496 e. The van der Waals surface area contributed by atoms with Crippen LogP contribution in [-0.2, 0) is 11.3 Å². The number of para-hydroxylation sites is 1. The van der Waals surface area contributed by atoms with E-state index in [2.05, 4.69) is 5.32 Å². The molecule has 0 fully saturated rings. The number of carbonyl (C=O) groups is 1. The standard InChI is InChI=1S/C18H19NO2/c1-14-7-3-4-8-15(14)11-12-18(20)19-13-16-9-5-6-10-17(16)21-2/h3-12H,13H2,1-2H3,(H,19,20)/b12-11+. The second kappa shape index (κ2) is 7.29. The third kappa shape index (κ3) is 4.21. The van der Waals surface area contributed by atoms with Crippen LogP contribution in [0.4, 0.5) is 0 Å². The first-order chi connectivity index (χ1) is 10.2. The second-order valence-corrected chi connectivity index (χ2v) is 4.72. The van der Waals surface area contributed by atoms with Gasteiger partial charge in [-0.25, -0.2) is 0 Å². The molecule has 3 heteroatoms. The van der Waals surface area contributed by atoms with E-state index in [1.165, 1.54) is 0 Å². The molecule has 0 aliphatic rings. The van der Waals surface area contributed by atoms with E-state index in [1.807, 2.05) is 61.5 Å². The maximum Gasteiger partial charge on any atom is 0.244 e. The minimum atomic E-state index is -0.121. The van der Waals surface area contributed by atoms with E-state index in [9.17, 15) is 4.79 Å². The van der Waals surface area contributed by atoms with Gasteiger partial charge in [-0.1, -0.05) is 42.5 Å². The van der Waals surface area contributed by atoms with Gasteiger partial charge in [0, 0.05) is 18.2 Å². The van der Waals surface area contributed by atoms with Crippen LogP contribution in [0.3, 0.4) is 0 Å². The average Bonchev–Trinajstić information content (AvgIpc) is 2.52. The number of amides is 1. The van der Waals surface area contributed by atoms with Gasteiger partial charge in [0.25, 0.3) is 0 Å². The van der Waals surface area contributed by atoms with Crippen molar-refractivity contribution >= 4 is 12.0 Å². The number of benzene rings is 2. The zero-order valence-corrected chi connectivity index (χ0v) is 12.3. The molecule has 108 valence electrons. The molecule has 0 radical (unpaired) electrons. The van der Waals surface area contributed by atoms with Crippen molar-refractivity contribution < 1.29 is 9.53 Å². The summed E-state index contributed by atoms with van der Waals surface area (Å²) in [5, 5.41) is 2.86. The van der Waals surface area contributed by atoms with Crippen molar-refractivity contribution in [2.45, 2.75) is 13.5 Å². The van der Waals surface area contributed by atoms with Crippen molar-refractivity contribution in [2.75, 3.05) is 7.11 Å². The fourth-order valence-electron chi connectivity index (χ4n) is 2.03. The van der Waals surface area contributed by atoms with E-state index in [0.717, 1.165) is 22.4 Å². The van der Waals surface area contributed by atoms with Crippen LogP contribution in [0.15, 0.2) is 54.6 Å². The van der Waals surface area contributed by atoms with Crippen LogP contribution in [0.25, 0.3) is 6.08 Å². The Morgan fingerprint density at radius 2 is 1.86 bits per heavy atom. The first-order valence-corrected chi connectivity index (χ1v) is 6.84. The third-order valence-electron chi connectivity index (χ3n) is 3.25. The van der Waals surface area contributed by atoms with Crippen molar-refractivity contribution in [1.29, 1.82) is 0 Å². The van der Waals surface area contributed by atoms with E-state index in [1.54, 1.807) is 13.2 Å². The predicted octanol–water partition coefficient (Wildman–Crippen LogP) is 3.33. The van der Waals surface area contributed by atoms with Crippen LogP contribution in [0, 0.1) is 6.92 Å². The SMILES string of the molecule is COc1ccccc1CNC(=O)/C=C/c1ccccc1C. The van der Waals surface area contributed by atoms with Gasteiger partial charge in [0.1, 0.15) is 5.75 Å². The Bertz CT molecular complexity index is 647. The fraction of sp³-hybridized carbons (Fsp3) is 0.167. The van der Waals surface area contributed by atoms with Crippen molar-refractivity contribution in [1.82, 2.24) is 5.32 Å². The van der Waals surface area contributed by atoms with Gasteiger partial charge < -0.3 is 10.1 Å². The van der Waals surface area contributed by atoms with Gasteiger partial charge in [-0.3, -0.25) is 4.79 Å². The summed E-state index contributed by atoms with van der Waals surface area (Å²) < 4.78 is 5.25. The molecular weight excluding hydrogens is 262 g/mol. The van der Waals surface area contributed by atoms with Crippen molar-refractivity contribution in [3.05, 3.63) is 71.3 Å². The molecule has 0 atom stereocenters. The highest BCUT2D eigenvalue weighted by Gasteiger charge is 2.02. The molecule has 21 heavy (non-hydrogen) atoms. The summed E-state index contributed by atoms with van der Waals surface area (Å²) in [5.74, 6) is 0.657. The first-order valence-electron chi connectivity index (χ1n) is 6.84. The molecule has 1 amide bonds. The topological polar surface area (TPSA) is 38.3 Å². The lowest BCUT2D eigenvalue weighted by Gasteiger charge is -2.08. The predicted molar refractivity (Wildman–Crippen MR) is 85.1 cm³/mol. The summed E-state index contributed by atoms with van der Waals surface area (Å²) in [4.78, 5) is 11.9. The molecule has 0 bridgehead atoms. The summed E-state index contributed by atoms with van der Waals surface area (Å²) in [6, 6.07) is 15.6. The molecule has 0 unspecified atom stereocenters. The maximum absolute atomic E-state index is 11.9. The van der Waals surface area contributed by atoms with Crippen LogP contribution in [0.5, 0.6) is 5.75 Å². The highest BCUT2D eigenvalue weighted by atomic mass is 16.5. The van der Waals surface area contributed by atoms with Crippen LogP contribution < -0.4 is 10.1 Å². The van der Waals surface area contributed by atoms with Crippen molar-refractivity contribution in [3.8, 4) is 5.75 Å². The minimum absolute atomic E-state index is 0.121. The maximum atomic E-state index is 11.9. The Hall–Kier alpha value is -2.55. The molecule has 0 saturated carbocycles.